The number of carboxylic acids is 2. The van der Waals surface area contributed by atoms with E-state index in [-0.39, 0.29) is 5.91 Å². The Morgan fingerprint density at radius 1 is 1.00 bits per heavy atom. The van der Waals surface area contributed by atoms with Crippen molar-refractivity contribution in [1.82, 2.24) is 9.80 Å². The van der Waals surface area contributed by atoms with E-state index in [1.54, 1.807) is 0 Å². The number of carbonyl (C=O) groups is 3. The van der Waals surface area contributed by atoms with Crippen LogP contribution in [0.15, 0.2) is 30.3 Å². The fourth-order valence-corrected chi connectivity index (χ4v) is 3.32. The van der Waals surface area contributed by atoms with Crippen molar-refractivity contribution in [3.8, 4) is 0 Å². The van der Waals surface area contributed by atoms with E-state index in [9.17, 15) is 4.79 Å². The van der Waals surface area contributed by atoms with E-state index in [0.717, 1.165) is 52.2 Å². The van der Waals surface area contributed by atoms with Crippen molar-refractivity contribution in [2.45, 2.75) is 19.8 Å². The molecule has 1 aromatic carbocycles. The number of nitrogens with zero attached hydrogens (tertiary/aromatic N) is 2. The standard InChI is InChI=1S/C20H28N2O2.C2H2O4/c1-17-2-4-18(5-3-17)6-7-19-8-10-22(11-9-19)20(23)16-21-12-14-24-15-13-21;3-1(4)2(5)6/h2-7,19H,8-16H2,1H3;(H,3,4)(H,5,6)/b7-6+;. The van der Waals surface area contributed by atoms with Gasteiger partial charge in [-0.15, -0.1) is 0 Å². The van der Waals surface area contributed by atoms with Gasteiger partial charge in [-0.1, -0.05) is 42.0 Å². The van der Waals surface area contributed by atoms with Gasteiger partial charge in [-0.2, -0.15) is 0 Å². The molecule has 2 heterocycles. The SMILES string of the molecule is Cc1ccc(/C=C/C2CCN(C(=O)CN3CCOCC3)CC2)cc1.O=C(O)C(=O)O. The first-order valence-electron chi connectivity index (χ1n) is 10.1. The number of carboxylic acid groups (broad SMARTS) is 2. The van der Waals surface area contributed by atoms with Crippen molar-refractivity contribution < 1.29 is 29.3 Å². The molecule has 1 amide bonds. The average Bonchev–Trinajstić information content (AvgIpc) is 2.75. The molecule has 164 valence electrons. The van der Waals surface area contributed by atoms with Crippen LogP contribution in [0.25, 0.3) is 6.08 Å². The second kappa shape index (κ2) is 12.1. The maximum absolute atomic E-state index is 12.4. The zero-order valence-corrected chi connectivity index (χ0v) is 17.3. The Balaban J connectivity index is 0.000000469. The van der Waals surface area contributed by atoms with Gasteiger partial charge in [0, 0.05) is 26.2 Å². The number of hydrogen-bond donors (Lipinski definition) is 2. The lowest BCUT2D eigenvalue weighted by Crippen LogP contribution is -2.46. The topological polar surface area (TPSA) is 107 Å². The summed E-state index contributed by atoms with van der Waals surface area (Å²) in [5, 5.41) is 14.8. The van der Waals surface area contributed by atoms with Crippen molar-refractivity contribution in [3.63, 3.8) is 0 Å². The number of rotatable bonds is 4. The number of likely N-dealkylation sites (tertiary alicyclic amines) is 1. The van der Waals surface area contributed by atoms with Crippen molar-refractivity contribution in [3.05, 3.63) is 41.5 Å². The molecule has 0 spiro atoms. The highest BCUT2D eigenvalue weighted by Gasteiger charge is 2.23. The number of hydrogen-bond acceptors (Lipinski definition) is 5. The quantitative estimate of drug-likeness (QED) is 0.717. The second-order valence-electron chi connectivity index (χ2n) is 7.49. The van der Waals surface area contributed by atoms with Crippen LogP contribution in [0, 0.1) is 12.8 Å². The third-order valence-corrected chi connectivity index (χ3v) is 5.18. The van der Waals surface area contributed by atoms with Crippen LogP contribution in [0.4, 0.5) is 0 Å². The molecular formula is C22H30N2O6. The molecule has 8 heteroatoms. The summed E-state index contributed by atoms with van der Waals surface area (Å²) in [6.07, 6.45) is 6.66. The minimum absolute atomic E-state index is 0.276. The summed E-state index contributed by atoms with van der Waals surface area (Å²) in [7, 11) is 0. The van der Waals surface area contributed by atoms with Crippen molar-refractivity contribution in [1.29, 1.82) is 0 Å². The minimum atomic E-state index is -1.82. The van der Waals surface area contributed by atoms with E-state index in [1.165, 1.54) is 11.1 Å². The van der Waals surface area contributed by atoms with Crippen molar-refractivity contribution in [2.24, 2.45) is 5.92 Å². The van der Waals surface area contributed by atoms with E-state index in [2.05, 4.69) is 48.2 Å². The minimum Gasteiger partial charge on any atom is -0.473 e. The van der Waals surface area contributed by atoms with Crippen LogP contribution in [0.1, 0.15) is 24.0 Å². The molecule has 2 N–H and O–H groups in total. The van der Waals surface area contributed by atoms with Gasteiger partial charge in [0.2, 0.25) is 5.91 Å². The zero-order chi connectivity index (χ0) is 21.9. The lowest BCUT2D eigenvalue weighted by Gasteiger charge is -2.33. The van der Waals surface area contributed by atoms with Crippen LogP contribution in [0.2, 0.25) is 0 Å². The molecule has 1 aromatic rings. The van der Waals surface area contributed by atoms with Gasteiger partial charge in [-0.25, -0.2) is 9.59 Å². The highest BCUT2D eigenvalue weighted by Crippen LogP contribution is 2.20. The number of amides is 1. The first-order valence-corrected chi connectivity index (χ1v) is 10.1. The fraction of sp³-hybridized carbons (Fsp3) is 0.500. The molecule has 2 aliphatic heterocycles. The summed E-state index contributed by atoms with van der Waals surface area (Å²) in [5.74, 6) is -2.79. The lowest BCUT2D eigenvalue weighted by molar-refractivity contribution is -0.159. The Labute approximate surface area is 176 Å². The molecule has 2 aliphatic rings. The van der Waals surface area contributed by atoms with Gasteiger partial charge < -0.3 is 19.8 Å². The van der Waals surface area contributed by atoms with Crippen LogP contribution >= 0.6 is 0 Å². The Morgan fingerprint density at radius 2 is 1.57 bits per heavy atom. The first-order chi connectivity index (χ1) is 14.3. The number of piperidine rings is 1. The molecule has 0 unspecified atom stereocenters. The molecule has 2 saturated heterocycles. The molecule has 0 radical (unpaired) electrons. The third-order valence-electron chi connectivity index (χ3n) is 5.18. The Morgan fingerprint density at radius 3 is 2.10 bits per heavy atom. The van der Waals surface area contributed by atoms with Gasteiger partial charge in [0.15, 0.2) is 0 Å². The van der Waals surface area contributed by atoms with E-state index >= 15 is 0 Å². The van der Waals surface area contributed by atoms with E-state index in [1.807, 2.05) is 4.90 Å². The predicted octanol–water partition coefficient (Wildman–Crippen LogP) is 1.73. The van der Waals surface area contributed by atoms with E-state index in [0.29, 0.717) is 12.5 Å². The summed E-state index contributed by atoms with van der Waals surface area (Å²) in [6.45, 7) is 7.67. The third kappa shape index (κ3) is 8.34. The van der Waals surface area contributed by atoms with Crippen LogP contribution < -0.4 is 0 Å². The fourth-order valence-electron chi connectivity index (χ4n) is 3.32. The molecule has 0 atom stereocenters. The summed E-state index contributed by atoms with van der Waals surface area (Å²) >= 11 is 0. The highest BCUT2D eigenvalue weighted by atomic mass is 16.5. The normalized spacial score (nSPS) is 18.0. The maximum atomic E-state index is 12.4. The molecule has 0 aliphatic carbocycles. The van der Waals surface area contributed by atoms with Gasteiger partial charge in [-0.3, -0.25) is 9.69 Å². The van der Waals surface area contributed by atoms with Crippen LogP contribution in [0.5, 0.6) is 0 Å². The Kier molecular flexibility index (Phi) is 9.50. The van der Waals surface area contributed by atoms with Crippen LogP contribution in [-0.4, -0.2) is 83.8 Å². The highest BCUT2D eigenvalue weighted by molar-refractivity contribution is 6.27. The molecule has 30 heavy (non-hydrogen) atoms. The molecule has 8 nitrogen and oxygen atoms in total. The van der Waals surface area contributed by atoms with Crippen molar-refractivity contribution >= 4 is 23.9 Å². The van der Waals surface area contributed by atoms with E-state index in [4.69, 9.17) is 24.5 Å². The van der Waals surface area contributed by atoms with Gasteiger partial charge in [0.25, 0.3) is 0 Å². The molecular weight excluding hydrogens is 388 g/mol. The maximum Gasteiger partial charge on any atom is 0.414 e. The number of carbonyl (C=O) groups excluding carboxylic acids is 1. The average molecular weight is 418 g/mol. The molecule has 0 bridgehead atoms. The number of allylic oxidation sites excluding steroid dienone is 1. The number of aryl methyl sites for hydroxylation is 1. The lowest BCUT2D eigenvalue weighted by atomic mass is 9.95. The molecule has 0 aromatic heterocycles. The number of ether oxygens (including phenoxy) is 1. The molecule has 2 fully saturated rings. The molecule has 0 saturated carbocycles. The second-order valence-corrected chi connectivity index (χ2v) is 7.49. The Bertz CT molecular complexity index is 720. The zero-order valence-electron chi connectivity index (χ0n) is 17.3. The van der Waals surface area contributed by atoms with Gasteiger partial charge in [-0.05, 0) is 31.2 Å². The summed E-state index contributed by atoms with van der Waals surface area (Å²) in [5.41, 5.74) is 2.55. The molecule has 3 rings (SSSR count). The predicted molar refractivity (Wildman–Crippen MR) is 112 cm³/mol. The van der Waals surface area contributed by atoms with Gasteiger partial charge in [0.1, 0.15) is 0 Å². The van der Waals surface area contributed by atoms with Crippen LogP contribution in [0.3, 0.4) is 0 Å². The van der Waals surface area contributed by atoms with Crippen LogP contribution in [-0.2, 0) is 19.1 Å². The van der Waals surface area contributed by atoms with Gasteiger partial charge >= 0.3 is 11.9 Å². The Hall–Kier alpha value is -2.71. The largest absolute Gasteiger partial charge is 0.473 e. The number of morpholine rings is 1. The van der Waals surface area contributed by atoms with Gasteiger partial charge in [0.05, 0.1) is 19.8 Å². The summed E-state index contributed by atoms with van der Waals surface area (Å²) in [4.78, 5) is 34.8. The first kappa shape index (κ1) is 23.6. The summed E-state index contributed by atoms with van der Waals surface area (Å²) in [6, 6.07) is 8.61. The summed E-state index contributed by atoms with van der Waals surface area (Å²) < 4.78 is 5.34. The van der Waals surface area contributed by atoms with Crippen molar-refractivity contribution in [2.75, 3.05) is 45.9 Å². The number of aliphatic carboxylic acids is 2. The smallest absolute Gasteiger partial charge is 0.414 e. The number of benzene rings is 1. The van der Waals surface area contributed by atoms with E-state index < -0.39 is 11.9 Å². The monoisotopic (exact) mass is 418 g/mol.